The van der Waals surface area contributed by atoms with E-state index in [1.54, 1.807) is 7.11 Å². The molecule has 0 fully saturated rings. The predicted octanol–water partition coefficient (Wildman–Crippen LogP) is 2.72. The van der Waals surface area contributed by atoms with Crippen molar-refractivity contribution in [2.24, 2.45) is 0 Å². The largest absolute Gasteiger partial charge is 0.493 e. The quantitative estimate of drug-likeness (QED) is 0.683. The van der Waals surface area contributed by atoms with Crippen molar-refractivity contribution in [3.05, 3.63) is 35.9 Å². The van der Waals surface area contributed by atoms with Crippen molar-refractivity contribution in [3.63, 3.8) is 0 Å². The van der Waals surface area contributed by atoms with Gasteiger partial charge in [0.05, 0.1) is 13.2 Å². The zero-order valence-corrected chi connectivity index (χ0v) is 11.3. The van der Waals surface area contributed by atoms with Gasteiger partial charge in [-0.05, 0) is 26.0 Å². The number of hydrogen-bond acceptors (Lipinski definition) is 3. The van der Waals surface area contributed by atoms with Crippen LogP contribution >= 0.6 is 0 Å². The molecule has 0 amide bonds. The highest BCUT2D eigenvalue weighted by Gasteiger charge is 1.98. The summed E-state index contributed by atoms with van der Waals surface area (Å²) >= 11 is 0. The molecular formula is C15H23NO2. The van der Waals surface area contributed by atoms with E-state index < -0.39 is 0 Å². The van der Waals surface area contributed by atoms with Crippen LogP contribution in [0.5, 0.6) is 5.75 Å². The van der Waals surface area contributed by atoms with Crippen LogP contribution in [0.25, 0.3) is 6.08 Å². The van der Waals surface area contributed by atoms with Gasteiger partial charge in [0.2, 0.25) is 0 Å². The van der Waals surface area contributed by atoms with Crippen LogP contribution in [0.4, 0.5) is 0 Å². The molecule has 0 atom stereocenters. The molecule has 1 aromatic carbocycles. The van der Waals surface area contributed by atoms with E-state index >= 15 is 0 Å². The molecule has 18 heavy (non-hydrogen) atoms. The maximum Gasteiger partial charge on any atom is 0.126 e. The van der Waals surface area contributed by atoms with Gasteiger partial charge in [0.15, 0.2) is 0 Å². The Morgan fingerprint density at radius 3 is 2.78 bits per heavy atom. The molecule has 3 nitrogen and oxygen atoms in total. The molecule has 0 radical (unpaired) electrons. The predicted molar refractivity (Wildman–Crippen MR) is 76.0 cm³/mol. The maximum atomic E-state index is 5.77. The number of allylic oxidation sites excluding steroid dienone is 1. The van der Waals surface area contributed by atoms with Crippen LogP contribution < -0.4 is 10.1 Å². The summed E-state index contributed by atoms with van der Waals surface area (Å²) in [5, 5.41) is 3.29. The highest BCUT2D eigenvalue weighted by atomic mass is 16.5. The summed E-state index contributed by atoms with van der Waals surface area (Å²) in [4.78, 5) is 0. The van der Waals surface area contributed by atoms with E-state index in [0.717, 1.165) is 44.0 Å². The van der Waals surface area contributed by atoms with Crippen LogP contribution in [0.15, 0.2) is 30.3 Å². The van der Waals surface area contributed by atoms with Gasteiger partial charge in [-0.1, -0.05) is 30.4 Å². The lowest BCUT2D eigenvalue weighted by molar-refractivity contribution is 0.198. The van der Waals surface area contributed by atoms with Gasteiger partial charge in [-0.2, -0.15) is 0 Å². The summed E-state index contributed by atoms with van der Waals surface area (Å²) in [6.07, 6.45) is 5.08. The molecule has 0 spiro atoms. The molecule has 0 saturated carbocycles. The number of rotatable bonds is 9. The monoisotopic (exact) mass is 249 g/mol. The average Bonchev–Trinajstić information content (AvgIpc) is 2.40. The fourth-order valence-electron chi connectivity index (χ4n) is 1.61. The molecule has 0 aliphatic rings. The van der Waals surface area contributed by atoms with Crippen LogP contribution in [-0.2, 0) is 4.74 Å². The highest BCUT2D eigenvalue weighted by molar-refractivity contribution is 5.56. The molecule has 0 bridgehead atoms. The van der Waals surface area contributed by atoms with E-state index in [1.807, 2.05) is 31.2 Å². The smallest absolute Gasteiger partial charge is 0.126 e. The second-order valence-electron chi connectivity index (χ2n) is 3.98. The molecule has 100 valence electrons. The molecular weight excluding hydrogens is 226 g/mol. The summed E-state index contributed by atoms with van der Waals surface area (Å²) in [6.45, 7) is 5.34. The number of benzene rings is 1. The van der Waals surface area contributed by atoms with Crippen LogP contribution in [0.1, 0.15) is 18.9 Å². The second kappa shape index (κ2) is 9.68. The minimum Gasteiger partial charge on any atom is -0.493 e. The van der Waals surface area contributed by atoms with Gasteiger partial charge in [-0.15, -0.1) is 0 Å². The lowest BCUT2D eigenvalue weighted by Gasteiger charge is -2.09. The topological polar surface area (TPSA) is 30.5 Å². The molecule has 0 aromatic heterocycles. The Balaban J connectivity index is 2.22. The summed E-state index contributed by atoms with van der Waals surface area (Å²) in [6, 6.07) is 8.09. The molecule has 0 aliphatic carbocycles. The molecule has 0 aliphatic heterocycles. The van der Waals surface area contributed by atoms with Gasteiger partial charge in [0, 0.05) is 19.2 Å². The van der Waals surface area contributed by atoms with Gasteiger partial charge in [-0.25, -0.2) is 0 Å². The minimum atomic E-state index is 0.731. The molecule has 1 N–H and O–H groups in total. The summed E-state index contributed by atoms with van der Waals surface area (Å²) in [7, 11) is 1.71. The van der Waals surface area contributed by atoms with Gasteiger partial charge in [-0.3, -0.25) is 0 Å². The van der Waals surface area contributed by atoms with Crippen molar-refractivity contribution < 1.29 is 9.47 Å². The highest BCUT2D eigenvalue weighted by Crippen LogP contribution is 2.19. The van der Waals surface area contributed by atoms with Gasteiger partial charge in [0.1, 0.15) is 5.75 Å². The molecule has 1 aromatic rings. The Morgan fingerprint density at radius 1 is 1.17 bits per heavy atom. The van der Waals surface area contributed by atoms with E-state index in [4.69, 9.17) is 9.47 Å². The fraction of sp³-hybridized carbons (Fsp3) is 0.467. The summed E-state index contributed by atoms with van der Waals surface area (Å²) < 4.78 is 10.7. The number of ether oxygens (including phenoxy) is 2. The van der Waals surface area contributed by atoms with Crippen LogP contribution in [0, 0.1) is 0 Å². The van der Waals surface area contributed by atoms with Crippen LogP contribution in [0.2, 0.25) is 0 Å². The van der Waals surface area contributed by atoms with Crippen LogP contribution in [0.3, 0.4) is 0 Å². The third-order valence-electron chi connectivity index (χ3n) is 2.50. The molecule has 1 rings (SSSR count). The zero-order valence-electron chi connectivity index (χ0n) is 11.3. The lowest BCUT2D eigenvalue weighted by Crippen LogP contribution is -2.21. The summed E-state index contributed by atoms with van der Waals surface area (Å²) in [5.41, 5.74) is 1.13. The fourth-order valence-corrected chi connectivity index (χ4v) is 1.61. The SMILES string of the molecule is CC=Cc1ccccc1OCCCNCCOC. The third-order valence-corrected chi connectivity index (χ3v) is 2.50. The number of nitrogens with one attached hydrogen (secondary N) is 1. The Hall–Kier alpha value is -1.32. The first kappa shape index (κ1) is 14.7. The van der Waals surface area contributed by atoms with E-state index in [-0.39, 0.29) is 0 Å². The molecule has 0 saturated heterocycles. The Labute approximate surface area is 110 Å². The third kappa shape index (κ3) is 5.84. The molecule has 0 unspecified atom stereocenters. The van der Waals surface area contributed by atoms with Crippen molar-refractivity contribution in [2.45, 2.75) is 13.3 Å². The van der Waals surface area contributed by atoms with E-state index in [9.17, 15) is 0 Å². The Bertz CT molecular complexity index is 350. The Kier molecular flexibility index (Phi) is 7.93. The maximum absolute atomic E-state index is 5.77. The molecule has 3 heteroatoms. The van der Waals surface area contributed by atoms with E-state index in [1.165, 1.54) is 0 Å². The van der Waals surface area contributed by atoms with Crippen molar-refractivity contribution in [2.75, 3.05) is 33.4 Å². The number of hydrogen-bond donors (Lipinski definition) is 1. The minimum absolute atomic E-state index is 0.731. The number of para-hydroxylation sites is 1. The lowest BCUT2D eigenvalue weighted by atomic mass is 10.2. The van der Waals surface area contributed by atoms with Gasteiger partial charge >= 0.3 is 0 Å². The van der Waals surface area contributed by atoms with Crippen LogP contribution in [-0.4, -0.2) is 33.4 Å². The summed E-state index contributed by atoms with van der Waals surface area (Å²) in [5.74, 6) is 0.951. The first-order valence-corrected chi connectivity index (χ1v) is 6.42. The first-order chi connectivity index (χ1) is 8.88. The van der Waals surface area contributed by atoms with Crippen molar-refractivity contribution in [3.8, 4) is 5.75 Å². The average molecular weight is 249 g/mol. The second-order valence-corrected chi connectivity index (χ2v) is 3.98. The van der Waals surface area contributed by atoms with Gasteiger partial charge < -0.3 is 14.8 Å². The zero-order chi connectivity index (χ0) is 13.1. The number of methoxy groups -OCH3 is 1. The van der Waals surface area contributed by atoms with E-state index in [2.05, 4.69) is 17.5 Å². The van der Waals surface area contributed by atoms with Gasteiger partial charge in [0.25, 0.3) is 0 Å². The normalized spacial score (nSPS) is 11.0. The van der Waals surface area contributed by atoms with Crippen molar-refractivity contribution >= 4 is 6.08 Å². The van der Waals surface area contributed by atoms with E-state index in [0.29, 0.717) is 0 Å². The first-order valence-electron chi connectivity index (χ1n) is 6.42. The van der Waals surface area contributed by atoms with Crippen molar-refractivity contribution in [1.82, 2.24) is 5.32 Å². The standard InChI is InChI=1S/C15H23NO2/c1-3-7-14-8-4-5-9-15(14)18-12-6-10-16-11-13-17-2/h3-5,7-9,16H,6,10-13H2,1-2H3. The van der Waals surface area contributed by atoms with Crippen molar-refractivity contribution in [1.29, 1.82) is 0 Å². The Morgan fingerprint density at radius 2 is 2.00 bits per heavy atom. The molecule has 0 heterocycles.